The largest absolute Gasteiger partial charge is 0.367 e. The number of aromatic nitrogens is 1. The minimum absolute atomic E-state index is 0.0672. The Labute approximate surface area is 245 Å². The van der Waals surface area contributed by atoms with Crippen LogP contribution in [0.5, 0.6) is 0 Å². The molecule has 9 heteroatoms. The number of hydrogen-bond acceptors (Lipinski definition) is 5. The Morgan fingerprint density at radius 1 is 1.23 bits per heavy atom. The van der Waals surface area contributed by atoms with Crippen LogP contribution in [-0.2, 0) is 14.4 Å². The number of primary amides is 1. The molecule has 1 aliphatic carbocycles. The van der Waals surface area contributed by atoms with E-state index in [-0.39, 0.29) is 23.3 Å². The van der Waals surface area contributed by atoms with E-state index in [4.69, 9.17) is 0 Å². The number of halogens is 1. The Balaban J connectivity index is 0.00000117. The summed E-state index contributed by atoms with van der Waals surface area (Å²) >= 11 is 1.57. The maximum atomic E-state index is 12.7. The molecule has 1 aliphatic heterocycles. The summed E-state index contributed by atoms with van der Waals surface area (Å²) in [6, 6.07) is -0.359. The van der Waals surface area contributed by atoms with E-state index in [1.165, 1.54) is 0 Å². The van der Waals surface area contributed by atoms with Crippen molar-refractivity contribution < 1.29 is 18.8 Å². The average Bonchev–Trinajstić information content (AvgIpc) is 3.29. The van der Waals surface area contributed by atoms with E-state index in [0.717, 1.165) is 34.6 Å². The molecule has 0 radical (unpaired) electrons. The van der Waals surface area contributed by atoms with Gasteiger partial charge in [0.25, 0.3) is 5.91 Å². The second-order valence-corrected chi connectivity index (χ2v) is 11.4. The number of amides is 3. The van der Waals surface area contributed by atoms with Crippen LogP contribution in [0.4, 0.5) is 4.39 Å². The first kappa shape index (κ1) is 37.2. The summed E-state index contributed by atoms with van der Waals surface area (Å²) in [4.78, 5) is 42.3. The number of aryl methyl sites for hydroxylation is 1. The van der Waals surface area contributed by atoms with Crippen LogP contribution in [-0.4, -0.2) is 52.4 Å². The van der Waals surface area contributed by atoms with E-state index in [2.05, 4.69) is 22.6 Å². The Bertz CT molecular complexity index is 1040. The number of nitrogens with zero attached hydrogens (tertiary/aromatic N) is 2. The molecule has 3 amide bonds. The minimum atomic E-state index is -1.61. The predicted octanol–water partition coefficient (Wildman–Crippen LogP) is 6.54. The second-order valence-electron chi connectivity index (χ2n) is 10.5. The van der Waals surface area contributed by atoms with Gasteiger partial charge < -0.3 is 16.0 Å². The maximum Gasteiger partial charge on any atom is 0.255 e. The normalized spacial score (nSPS) is 17.4. The topological polar surface area (TPSA) is 105 Å². The highest BCUT2D eigenvalue weighted by Crippen LogP contribution is 2.38. The second kappa shape index (κ2) is 17.8. The molecule has 40 heavy (non-hydrogen) atoms. The number of thiazole rings is 1. The smallest absolute Gasteiger partial charge is 0.255 e. The lowest BCUT2D eigenvalue weighted by Crippen LogP contribution is -2.47. The summed E-state index contributed by atoms with van der Waals surface area (Å²) in [5, 5.41) is 3.00. The van der Waals surface area contributed by atoms with Crippen molar-refractivity contribution in [3.63, 3.8) is 0 Å². The summed E-state index contributed by atoms with van der Waals surface area (Å²) in [7, 11) is 0. The van der Waals surface area contributed by atoms with Gasteiger partial charge in [-0.05, 0) is 56.1 Å². The highest BCUT2D eigenvalue weighted by Gasteiger charge is 2.49. The van der Waals surface area contributed by atoms with Crippen molar-refractivity contribution in [1.82, 2.24) is 15.2 Å². The quantitative estimate of drug-likeness (QED) is 0.342. The van der Waals surface area contributed by atoms with Gasteiger partial charge in [-0.25, -0.2) is 9.37 Å². The van der Waals surface area contributed by atoms with Gasteiger partial charge in [0.05, 0.1) is 16.1 Å². The zero-order chi connectivity index (χ0) is 31.1. The van der Waals surface area contributed by atoms with Crippen molar-refractivity contribution in [3.05, 3.63) is 46.5 Å². The first-order chi connectivity index (χ1) is 18.8. The van der Waals surface area contributed by atoms with E-state index < -0.39 is 11.6 Å². The maximum absolute atomic E-state index is 12.7. The summed E-state index contributed by atoms with van der Waals surface area (Å²) in [6.07, 6.45) is 8.60. The minimum Gasteiger partial charge on any atom is -0.367 e. The lowest BCUT2D eigenvalue weighted by Gasteiger charge is -2.27. The molecule has 226 valence electrons. The van der Waals surface area contributed by atoms with E-state index in [9.17, 15) is 18.8 Å². The van der Waals surface area contributed by atoms with Crippen LogP contribution in [0.25, 0.3) is 5.57 Å². The number of carbonyl (C=O) groups is 3. The number of carbonyl (C=O) groups excluding carboxylic acids is 3. The van der Waals surface area contributed by atoms with Crippen molar-refractivity contribution in [3.8, 4) is 0 Å². The van der Waals surface area contributed by atoms with E-state index in [0.29, 0.717) is 32.4 Å². The Kier molecular flexibility index (Phi) is 16.5. The van der Waals surface area contributed by atoms with Gasteiger partial charge in [0, 0.05) is 19.5 Å². The van der Waals surface area contributed by atoms with Crippen molar-refractivity contribution in [2.45, 2.75) is 106 Å². The predicted molar refractivity (Wildman–Crippen MR) is 166 cm³/mol. The van der Waals surface area contributed by atoms with Crippen LogP contribution in [0.2, 0.25) is 0 Å². The first-order valence-corrected chi connectivity index (χ1v) is 15.1. The highest BCUT2D eigenvalue weighted by molar-refractivity contribution is 7.11. The summed E-state index contributed by atoms with van der Waals surface area (Å²) in [6.45, 7) is 23.2. The van der Waals surface area contributed by atoms with E-state index in [1.807, 2.05) is 86.1 Å². The molecule has 3 rings (SSSR count). The molecular formula is C31H51FN4O3S. The number of rotatable bonds is 8. The molecule has 1 atom stereocenters. The lowest BCUT2D eigenvalue weighted by molar-refractivity contribution is -0.139. The fraction of sp³-hybridized carbons (Fsp3) is 0.613. The molecule has 2 fully saturated rings. The number of nitrogens with one attached hydrogen (secondary N) is 1. The highest BCUT2D eigenvalue weighted by atomic mass is 32.1. The number of allylic oxidation sites excluding steroid dienone is 3. The fourth-order valence-electron chi connectivity index (χ4n) is 3.71. The zero-order valence-electron chi connectivity index (χ0n) is 26.0. The molecular weight excluding hydrogens is 527 g/mol. The molecule has 0 aromatic carbocycles. The monoisotopic (exact) mass is 578 g/mol. The first-order valence-electron chi connectivity index (χ1n) is 14.3. The van der Waals surface area contributed by atoms with Crippen LogP contribution in [0.3, 0.4) is 0 Å². The molecule has 0 bridgehead atoms. The number of hydrogen-bond donors (Lipinski definition) is 2. The molecule has 1 saturated carbocycles. The van der Waals surface area contributed by atoms with Crippen molar-refractivity contribution in [2.24, 2.45) is 11.1 Å². The molecule has 1 unspecified atom stereocenters. The van der Waals surface area contributed by atoms with Crippen LogP contribution < -0.4 is 11.1 Å². The Morgan fingerprint density at radius 3 is 2.25 bits per heavy atom. The Hall–Kier alpha value is -2.81. The fourth-order valence-corrected chi connectivity index (χ4v) is 4.47. The van der Waals surface area contributed by atoms with Crippen molar-refractivity contribution in [2.75, 3.05) is 13.1 Å². The number of alkyl halides is 1. The third kappa shape index (κ3) is 12.6. The summed E-state index contributed by atoms with van der Waals surface area (Å²) < 4.78 is 12.1. The SMILES string of the molecule is C=C(/C=C\C(=C/C)CNC(=O)C1CCCN1C(=O)CC(C)(C)C)c1scnc1C.CC.CC.NC(=O)C1(F)CC1. The molecule has 0 spiro atoms. The molecule has 2 heterocycles. The van der Waals surface area contributed by atoms with Crippen LogP contribution in [0.1, 0.15) is 98.1 Å². The molecule has 3 N–H and O–H groups in total. The standard InChI is InChI=1S/C23H33N3O2S.C4H6FNO.2C2H6/c1-7-18(11-10-16(2)21-17(3)25-15-29-21)14-24-22(28)19-9-8-12-26(19)20(27)13-23(4,5)6;5-4(1-2-4)3(6)7;2*1-2/h7,10-11,15,19H,2,8-9,12-14H2,1,3-6H3,(H,24,28);1-2H2,(H2,6,7);2*1-2H3/b11-10-,18-7+;;;. The third-order valence-corrected chi connectivity index (χ3v) is 7.07. The third-order valence-electron chi connectivity index (χ3n) is 6.06. The number of likely N-dealkylation sites (tertiary alicyclic amines) is 1. The van der Waals surface area contributed by atoms with Crippen LogP contribution >= 0.6 is 11.3 Å². The van der Waals surface area contributed by atoms with E-state index >= 15 is 0 Å². The lowest BCUT2D eigenvalue weighted by atomic mass is 9.91. The van der Waals surface area contributed by atoms with Crippen LogP contribution in [0.15, 0.2) is 35.9 Å². The van der Waals surface area contributed by atoms with Gasteiger partial charge in [0.2, 0.25) is 11.8 Å². The molecule has 2 aliphatic rings. The van der Waals surface area contributed by atoms with Gasteiger partial charge >= 0.3 is 0 Å². The Morgan fingerprint density at radius 2 is 1.82 bits per heavy atom. The van der Waals surface area contributed by atoms with Gasteiger partial charge in [-0.3, -0.25) is 14.4 Å². The van der Waals surface area contributed by atoms with Gasteiger partial charge in [0.1, 0.15) is 6.04 Å². The molecule has 1 saturated heterocycles. The molecule has 1 aromatic heterocycles. The molecule has 7 nitrogen and oxygen atoms in total. The van der Waals surface area contributed by atoms with Gasteiger partial charge in [-0.15, -0.1) is 11.3 Å². The summed E-state index contributed by atoms with van der Waals surface area (Å²) in [5.74, 6) is -0.820. The summed E-state index contributed by atoms with van der Waals surface area (Å²) in [5.41, 5.74) is 7.61. The van der Waals surface area contributed by atoms with Gasteiger partial charge in [0.15, 0.2) is 5.67 Å². The van der Waals surface area contributed by atoms with Crippen molar-refractivity contribution >= 4 is 34.6 Å². The zero-order valence-corrected chi connectivity index (χ0v) is 26.8. The van der Waals surface area contributed by atoms with Crippen LogP contribution in [0, 0.1) is 12.3 Å². The average molecular weight is 579 g/mol. The van der Waals surface area contributed by atoms with Crippen molar-refractivity contribution in [1.29, 1.82) is 0 Å². The molecule has 1 aromatic rings. The van der Waals surface area contributed by atoms with Gasteiger partial charge in [-0.1, -0.05) is 73.3 Å². The number of nitrogens with two attached hydrogens (primary N) is 1. The van der Waals surface area contributed by atoms with Gasteiger partial charge in [-0.2, -0.15) is 0 Å². The van der Waals surface area contributed by atoms with E-state index in [1.54, 1.807) is 16.2 Å².